The Labute approximate surface area is 116 Å². The molecule has 106 valence electrons. The second-order valence-corrected chi connectivity index (χ2v) is 5.51. The van der Waals surface area contributed by atoms with E-state index in [2.05, 4.69) is 35.2 Å². The molecule has 19 heavy (non-hydrogen) atoms. The topological polar surface area (TPSA) is 38.5 Å². The van der Waals surface area contributed by atoms with Gasteiger partial charge in [0.05, 0.1) is 12.7 Å². The van der Waals surface area contributed by atoms with E-state index < -0.39 is 0 Å². The maximum Gasteiger partial charge on any atom is 0.0850 e. The summed E-state index contributed by atoms with van der Waals surface area (Å²) >= 11 is 0. The molecule has 1 fully saturated rings. The van der Waals surface area contributed by atoms with Crippen LogP contribution >= 0.6 is 0 Å². The average molecular weight is 262 g/mol. The fourth-order valence-electron chi connectivity index (χ4n) is 2.56. The lowest BCUT2D eigenvalue weighted by molar-refractivity contribution is -0.0378. The molecule has 2 atom stereocenters. The fourth-order valence-corrected chi connectivity index (χ4v) is 2.56. The van der Waals surface area contributed by atoms with Gasteiger partial charge in [-0.1, -0.05) is 30.3 Å². The van der Waals surface area contributed by atoms with Gasteiger partial charge in [0.15, 0.2) is 0 Å². The summed E-state index contributed by atoms with van der Waals surface area (Å²) in [5.74, 6) is 0. The molecule has 0 amide bonds. The average Bonchev–Trinajstić information content (AvgIpc) is 2.45. The van der Waals surface area contributed by atoms with Gasteiger partial charge in [0.25, 0.3) is 0 Å². The number of rotatable bonds is 6. The largest absolute Gasteiger partial charge is 0.374 e. The predicted molar refractivity (Wildman–Crippen MR) is 79.2 cm³/mol. The van der Waals surface area contributed by atoms with Crippen LogP contribution in [0.1, 0.15) is 25.3 Å². The minimum absolute atomic E-state index is 0.132. The highest BCUT2D eigenvalue weighted by Crippen LogP contribution is 2.10. The van der Waals surface area contributed by atoms with Crippen LogP contribution in [-0.2, 0) is 11.2 Å². The number of nitrogens with two attached hydrogens (primary N) is 1. The Balaban J connectivity index is 1.63. The molecule has 0 radical (unpaired) electrons. The molecule has 0 bridgehead atoms. The summed E-state index contributed by atoms with van der Waals surface area (Å²) in [4.78, 5) is 2.49. The van der Waals surface area contributed by atoms with Crippen molar-refractivity contribution in [1.29, 1.82) is 0 Å². The minimum atomic E-state index is 0.132. The van der Waals surface area contributed by atoms with Gasteiger partial charge in [0.1, 0.15) is 0 Å². The van der Waals surface area contributed by atoms with Crippen LogP contribution in [0.5, 0.6) is 0 Å². The van der Waals surface area contributed by atoms with Gasteiger partial charge in [0.2, 0.25) is 0 Å². The molecule has 0 saturated carbocycles. The first-order valence-electron chi connectivity index (χ1n) is 7.39. The van der Waals surface area contributed by atoms with Gasteiger partial charge >= 0.3 is 0 Å². The van der Waals surface area contributed by atoms with Crippen molar-refractivity contribution < 1.29 is 4.74 Å². The Morgan fingerprint density at radius 3 is 2.84 bits per heavy atom. The van der Waals surface area contributed by atoms with Crippen molar-refractivity contribution in [2.45, 2.75) is 38.3 Å². The quantitative estimate of drug-likeness (QED) is 0.798. The highest BCUT2D eigenvalue weighted by molar-refractivity contribution is 5.14. The molecule has 2 unspecified atom stereocenters. The number of hydrogen-bond acceptors (Lipinski definition) is 3. The first-order chi connectivity index (χ1) is 9.25. The van der Waals surface area contributed by atoms with E-state index in [0.29, 0.717) is 0 Å². The molecular formula is C16H26N2O. The van der Waals surface area contributed by atoms with E-state index >= 15 is 0 Å². The Bertz CT molecular complexity index is 353. The van der Waals surface area contributed by atoms with E-state index in [4.69, 9.17) is 10.5 Å². The molecule has 0 aliphatic carbocycles. The summed E-state index contributed by atoms with van der Waals surface area (Å²) in [6.45, 7) is 6.06. The molecule has 1 aliphatic heterocycles. The molecule has 3 nitrogen and oxygen atoms in total. The lowest BCUT2D eigenvalue weighted by atomic mass is 10.1. The normalized spacial score (nSPS) is 22.3. The van der Waals surface area contributed by atoms with Gasteiger partial charge in [0, 0.05) is 19.1 Å². The predicted octanol–water partition coefficient (Wildman–Crippen LogP) is 2.06. The van der Waals surface area contributed by atoms with Crippen LogP contribution in [0.3, 0.4) is 0 Å². The van der Waals surface area contributed by atoms with E-state index in [1.54, 1.807) is 0 Å². The summed E-state index contributed by atoms with van der Waals surface area (Å²) in [6, 6.07) is 10.9. The summed E-state index contributed by atoms with van der Waals surface area (Å²) in [5.41, 5.74) is 7.35. The number of hydrogen-bond donors (Lipinski definition) is 1. The van der Waals surface area contributed by atoms with Crippen LogP contribution in [0.2, 0.25) is 0 Å². The fraction of sp³-hybridized carbons (Fsp3) is 0.625. The van der Waals surface area contributed by atoms with Crippen LogP contribution in [0.15, 0.2) is 30.3 Å². The van der Waals surface area contributed by atoms with Crippen LogP contribution in [0.25, 0.3) is 0 Å². The van der Waals surface area contributed by atoms with E-state index in [9.17, 15) is 0 Å². The van der Waals surface area contributed by atoms with E-state index in [1.165, 1.54) is 31.4 Å². The second-order valence-electron chi connectivity index (χ2n) is 5.51. The zero-order valence-corrected chi connectivity index (χ0v) is 11.9. The van der Waals surface area contributed by atoms with Gasteiger partial charge in [-0.25, -0.2) is 0 Å². The smallest absolute Gasteiger partial charge is 0.0850 e. The lowest BCUT2D eigenvalue weighted by Crippen LogP contribution is -2.49. The summed E-state index contributed by atoms with van der Waals surface area (Å²) < 4.78 is 5.68. The van der Waals surface area contributed by atoms with Crippen molar-refractivity contribution in [3.63, 3.8) is 0 Å². The number of nitrogens with zero attached hydrogens (tertiary/aromatic N) is 1. The van der Waals surface area contributed by atoms with E-state index in [-0.39, 0.29) is 12.1 Å². The maximum absolute atomic E-state index is 5.91. The Morgan fingerprint density at radius 2 is 2.11 bits per heavy atom. The number of benzene rings is 1. The summed E-state index contributed by atoms with van der Waals surface area (Å²) in [5, 5.41) is 0. The van der Waals surface area contributed by atoms with Crippen molar-refractivity contribution >= 4 is 0 Å². The molecule has 0 spiro atoms. The van der Waals surface area contributed by atoms with E-state index in [1.807, 2.05) is 6.92 Å². The van der Waals surface area contributed by atoms with Crippen molar-refractivity contribution in [3.8, 4) is 0 Å². The summed E-state index contributed by atoms with van der Waals surface area (Å²) in [6.07, 6.45) is 3.90. The van der Waals surface area contributed by atoms with Gasteiger partial charge in [-0.05, 0) is 38.3 Å². The molecule has 1 aromatic rings. The number of aryl methyl sites for hydroxylation is 1. The molecule has 3 heteroatoms. The molecule has 2 N–H and O–H groups in total. The molecule has 0 aromatic heterocycles. The van der Waals surface area contributed by atoms with Gasteiger partial charge in [-0.3, -0.25) is 4.90 Å². The Morgan fingerprint density at radius 1 is 1.32 bits per heavy atom. The number of morpholine rings is 1. The highest BCUT2D eigenvalue weighted by Gasteiger charge is 2.22. The molecule has 1 heterocycles. The molecule has 1 aromatic carbocycles. The van der Waals surface area contributed by atoms with Gasteiger partial charge < -0.3 is 10.5 Å². The minimum Gasteiger partial charge on any atom is -0.374 e. The van der Waals surface area contributed by atoms with Crippen LogP contribution in [-0.4, -0.2) is 43.3 Å². The Kier molecular flexibility index (Phi) is 5.83. The van der Waals surface area contributed by atoms with Crippen molar-refractivity contribution in [3.05, 3.63) is 35.9 Å². The zero-order valence-electron chi connectivity index (χ0n) is 11.9. The van der Waals surface area contributed by atoms with E-state index in [0.717, 1.165) is 19.7 Å². The molecular weight excluding hydrogens is 236 g/mol. The summed E-state index contributed by atoms with van der Waals surface area (Å²) in [7, 11) is 0. The van der Waals surface area contributed by atoms with Crippen LogP contribution in [0, 0.1) is 0 Å². The molecule has 2 rings (SSSR count). The number of ether oxygens (including phenoxy) is 1. The SMILES string of the molecule is CC(N)C1CN(CCCCc2ccccc2)CCO1. The van der Waals surface area contributed by atoms with Crippen LogP contribution < -0.4 is 5.73 Å². The number of unbranched alkanes of at least 4 members (excludes halogenated alkanes) is 1. The third-order valence-corrected chi connectivity index (χ3v) is 3.80. The van der Waals surface area contributed by atoms with Crippen molar-refractivity contribution in [2.24, 2.45) is 5.73 Å². The van der Waals surface area contributed by atoms with Crippen molar-refractivity contribution in [2.75, 3.05) is 26.2 Å². The Hall–Kier alpha value is -0.900. The van der Waals surface area contributed by atoms with Crippen LogP contribution in [0.4, 0.5) is 0 Å². The lowest BCUT2D eigenvalue weighted by Gasteiger charge is -2.34. The third kappa shape index (κ3) is 4.94. The first kappa shape index (κ1) is 14.5. The van der Waals surface area contributed by atoms with Gasteiger partial charge in [-0.15, -0.1) is 0 Å². The van der Waals surface area contributed by atoms with Crippen molar-refractivity contribution in [1.82, 2.24) is 4.90 Å². The molecule has 1 aliphatic rings. The van der Waals surface area contributed by atoms with Gasteiger partial charge in [-0.2, -0.15) is 0 Å². The second kappa shape index (κ2) is 7.63. The third-order valence-electron chi connectivity index (χ3n) is 3.80. The zero-order chi connectivity index (χ0) is 13.5. The monoisotopic (exact) mass is 262 g/mol. The standard InChI is InChI=1S/C16H26N2O/c1-14(17)16-13-18(11-12-19-16)10-6-5-9-15-7-3-2-4-8-15/h2-4,7-8,14,16H,5-6,9-13,17H2,1H3. The molecule has 1 saturated heterocycles. The maximum atomic E-state index is 5.91. The first-order valence-corrected chi connectivity index (χ1v) is 7.39. The highest BCUT2D eigenvalue weighted by atomic mass is 16.5.